The van der Waals surface area contributed by atoms with Gasteiger partial charge in [-0.25, -0.2) is 9.97 Å². The topological polar surface area (TPSA) is 55.0 Å². The maximum Gasteiger partial charge on any atom is 0.406 e. The molecule has 108 valence electrons. The molecule has 0 spiro atoms. The van der Waals surface area contributed by atoms with Crippen molar-refractivity contribution in [3.05, 3.63) is 18.0 Å². The summed E-state index contributed by atoms with van der Waals surface area (Å²) in [6, 6.07) is 0.0203. The first-order chi connectivity index (χ1) is 8.85. The fraction of sp³-hybridized carbons (Fsp3) is 0.667. The Hall–Kier alpha value is -1.37. The molecular formula is C12H19F3N4. The van der Waals surface area contributed by atoms with Crippen LogP contribution in [-0.2, 0) is 6.42 Å². The van der Waals surface area contributed by atoms with E-state index in [1.807, 2.05) is 6.92 Å². The molecular weight excluding hydrogens is 257 g/mol. The fourth-order valence-electron chi connectivity index (χ4n) is 1.60. The zero-order valence-electron chi connectivity index (χ0n) is 11.1. The summed E-state index contributed by atoms with van der Waals surface area (Å²) in [5.74, 6) is 0.0913. The van der Waals surface area contributed by atoms with Crippen LogP contribution in [0.5, 0.6) is 0 Å². The first kappa shape index (κ1) is 15.7. The molecule has 1 heterocycles. The van der Waals surface area contributed by atoms with Crippen LogP contribution in [0.3, 0.4) is 0 Å². The number of anilines is 1. The number of rotatable bonds is 6. The standard InChI is InChI=1S/C12H19F3N4/c1-3-10(16)5-9-6-17-11(18-7-9)19(4-2)8-12(13,14)15/h6-7,10H,3-5,8,16H2,1-2H3. The molecule has 1 aromatic rings. The van der Waals surface area contributed by atoms with Gasteiger partial charge in [0, 0.05) is 25.0 Å². The second kappa shape index (κ2) is 6.70. The van der Waals surface area contributed by atoms with Crippen LogP contribution in [0.2, 0.25) is 0 Å². The molecule has 0 saturated carbocycles. The van der Waals surface area contributed by atoms with Gasteiger partial charge in [-0.05, 0) is 25.3 Å². The van der Waals surface area contributed by atoms with E-state index in [-0.39, 0.29) is 18.5 Å². The molecule has 0 bridgehead atoms. The summed E-state index contributed by atoms with van der Waals surface area (Å²) >= 11 is 0. The molecule has 0 radical (unpaired) electrons. The van der Waals surface area contributed by atoms with Crippen LogP contribution in [0.15, 0.2) is 12.4 Å². The Labute approximate surface area is 110 Å². The highest BCUT2D eigenvalue weighted by Gasteiger charge is 2.31. The number of nitrogens with two attached hydrogens (primary N) is 1. The van der Waals surface area contributed by atoms with Gasteiger partial charge in [-0.2, -0.15) is 13.2 Å². The van der Waals surface area contributed by atoms with E-state index in [0.29, 0.717) is 6.42 Å². The number of alkyl halides is 3. The lowest BCUT2D eigenvalue weighted by atomic mass is 10.1. The summed E-state index contributed by atoms with van der Waals surface area (Å²) in [6.07, 6.45) is 0.273. The molecule has 0 aromatic carbocycles. The molecule has 0 aliphatic carbocycles. The number of nitrogens with zero attached hydrogens (tertiary/aromatic N) is 3. The Morgan fingerprint density at radius 2 is 1.84 bits per heavy atom. The average Bonchev–Trinajstić information content (AvgIpc) is 2.35. The van der Waals surface area contributed by atoms with Gasteiger partial charge in [0.05, 0.1) is 0 Å². The number of aromatic nitrogens is 2. The van der Waals surface area contributed by atoms with Crippen LogP contribution < -0.4 is 10.6 Å². The zero-order valence-corrected chi connectivity index (χ0v) is 11.1. The highest BCUT2D eigenvalue weighted by atomic mass is 19.4. The van der Waals surface area contributed by atoms with Crippen molar-refractivity contribution in [1.29, 1.82) is 0 Å². The lowest BCUT2D eigenvalue weighted by molar-refractivity contribution is -0.119. The minimum atomic E-state index is -4.26. The zero-order chi connectivity index (χ0) is 14.5. The van der Waals surface area contributed by atoms with Gasteiger partial charge in [-0.1, -0.05) is 6.92 Å². The molecule has 0 fully saturated rings. The molecule has 1 aromatic heterocycles. The lowest BCUT2D eigenvalue weighted by Gasteiger charge is -2.22. The van der Waals surface area contributed by atoms with Crippen molar-refractivity contribution in [2.45, 2.75) is 38.9 Å². The fourth-order valence-corrected chi connectivity index (χ4v) is 1.60. The molecule has 0 saturated heterocycles. The summed E-state index contributed by atoms with van der Waals surface area (Å²) in [7, 11) is 0. The minimum absolute atomic E-state index is 0.0203. The Bertz CT molecular complexity index is 378. The van der Waals surface area contributed by atoms with Gasteiger partial charge in [-0.15, -0.1) is 0 Å². The third kappa shape index (κ3) is 5.42. The summed E-state index contributed by atoms with van der Waals surface area (Å²) in [5, 5.41) is 0. The second-order valence-corrected chi connectivity index (χ2v) is 4.39. The van der Waals surface area contributed by atoms with Crippen LogP contribution in [0.1, 0.15) is 25.8 Å². The van der Waals surface area contributed by atoms with E-state index >= 15 is 0 Å². The van der Waals surface area contributed by atoms with E-state index < -0.39 is 12.7 Å². The maximum atomic E-state index is 12.4. The molecule has 2 N–H and O–H groups in total. The summed E-state index contributed by atoms with van der Waals surface area (Å²) in [6.45, 7) is 2.77. The van der Waals surface area contributed by atoms with Crippen LogP contribution in [0.25, 0.3) is 0 Å². The van der Waals surface area contributed by atoms with Gasteiger partial charge in [0.15, 0.2) is 0 Å². The first-order valence-electron chi connectivity index (χ1n) is 6.24. The smallest absolute Gasteiger partial charge is 0.332 e. The summed E-state index contributed by atoms with van der Waals surface area (Å²) in [5.41, 5.74) is 6.63. The Morgan fingerprint density at radius 1 is 1.26 bits per heavy atom. The van der Waals surface area contributed by atoms with Crippen LogP contribution in [-0.4, -0.2) is 35.3 Å². The van der Waals surface area contributed by atoms with Gasteiger partial charge >= 0.3 is 6.18 Å². The molecule has 0 aliphatic heterocycles. The van der Waals surface area contributed by atoms with Crippen LogP contribution in [0.4, 0.5) is 19.1 Å². The van der Waals surface area contributed by atoms with E-state index in [9.17, 15) is 13.2 Å². The molecule has 1 unspecified atom stereocenters. The SMILES string of the molecule is CCC(N)Cc1cnc(N(CC)CC(F)(F)F)nc1. The highest BCUT2D eigenvalue weighted by Crippen LogP contribution is 2.19. The van der Waals surface area contributed by atoms with E-state index in [1.165, 1.54) is 12.4 Å². The van der Waals surface area contributed by atoms with Crippen molar-refractivity contribution < 1.29 is 13.2 Å². The first-order valence-corrected chi connectivity index (χ1v) is 6.24. The quantitative estimate of drug-likeness (QED) is 0.865. The van der Waals surface area contributed by atoms with Crippen molar-refractivity contribution in [1.82, 2.24) is 9.97 Å². The van der Waals surface area contributed by atoms with Gasteiger partial charge in [0.25, 0.3) is 0 Å². The minimum Gasteiger partial charge on any atom is -0.332 e. The van der Waals surface area contributed by atoms with Crippen molar-refractivity contribution in [2.24, 2.45) is 5.73 Å². The van der Waals surface area contributed by atoms with Crippen molar-refractivity contribution in [3.8, 4) is 0 Å². The second-order valence-electron chi connectivity index (χ2n) is 4.39. The number of halogens is 3. The molecule has 1 atom stereocenters. The molecule has 0 aliphatic rings. The largest absolute Gasteiger partial charge is 0.406 e. The van der Waals surface area contributed by atoms with Gasteiger partial charge in [-0.3, -0.25) is 0 Å². The highest BCUT2D eigenvalue weighted by molar-refractivity contribution is 5.30. The van der Waals surface area contributed by atoms with Gasteiger partial charge < -0.3 is 10.6 Å². The Balaban J connectivity index is 2.73. The van der Waals surface area contributed by atoms with E-state index in [2.05, 4.69) is 9.97 Å². The van der Waals surface area contributed by atoms with E-state index in [4.69, 9.17) is 5.73 Å². The predicted molar refractivity (Wildman–Crippen MR) is 67.9 cm³/mol. The normalized spacial score (nSPS) is 13.4. The molecule has 0 amide bonds. The average molecular weight is 276 g/mol. The van der Waals surface area contributed by atoms with Crippen molar-refractivity contribution in [2.75, 3.05) is 18.0 Å². The maximum absolute atomic E-state index is 12.4. The van der Waals surface area contributed by atoms with Crippen LogP contribution >= 0.6 is 0 Å². The third-order valence-electron chi connectivity index (χ3n) is 2.75. The molecule has 7 heteroatoms. The Kier molecular flexibility index (Phi) is 5.53. The van der Waals surface area contributed by atoms with Crippen molar-refractivity contribution in [3.63, 3.8) is 0 Å². The lowest BCUT2D eigenvalue weighted by Crippen LogP contribution is -2.35. The summed E-state index contributed by atoms with van der Waals surface area (Å²) < 4.78 is 37.1. The van der Waals surface area contributed by atoms with Gasteiger partial charge in [0.1, 0.15) is 6.54 Å². The number of hydrogen-bond donors (Lipinski definition) is 1. The molecule has 4 nitrogen and oxygen atoms in total. The van der Waals surface area contributed by atoms with Crippen molar-refractivity contribution >= 4 is 5.95 Å². The third-order valence-corrected chi connectivity index (χ3v) is 2.75. The van der Waals surface area contributed by atoms with Gasteiger partial charge in [0.2, 0.25) is 5.95 Å². The predicted octanol–water partition coefficient (Wildman–Crippen LogP) is 2.15. The monoisotopic (exact) mass is 276 g/mol. The summed E-state index contributed by atoms with van der Waals surface area (Å²) in [4.78, 5) is 9.05. The molecule has 1 rings (SSSR count). The number of hydrogen-bond acceptors (Lipinski definition) is 4. The van der Waals surface area contributed by atoms with E-state index in [1.54, 1.807) is 6.92 Å². The van der Waals surface area contributed by atoms with Crippen LogP contribution in [0, 0.1) is 0 Å². The Morgan fingerprint density at radius 3 is 2.26 bits per heavy atom. The van der Waals surface area contributed by atoms with E-state index in [0.717, 1.165) is 16.9 Å². The molecule has 19 heavy (non-hydrogen) atoms.